The number of carboxylic acid groups (broad SMARTS) is 1. The molecule has 0 spiro atoms. The van der Waals surface area contributed by atoms with Crippen LogP contribution in [-0.2, 0) is 58.9 Å². The van der Waals surface area contributed by atoms with Gasteiger partial charge in [-0.15, -0.1) is 10.2 Å². The summed E-state index contributed by atoms with van der Waals surface area (Å²) in [4.78, 5) is 92.3. The molecule has 6 atom stereocenters. The molecule has 0 aliphatic carbocycles. The van der Waals surface area contributed by atoms with E-state index in [9.17, 15) is 52.2 Å². The van der Waals surface area contributed by atoms with E-state index in [1.54, 1.807) is 0 Å². The van der Waals surface area contributed by atoms with Gasteiger partial charge in [0.25, 0.3) is 5.91 Å². The monoisotopic (exact) mass is 1420 g/mol. The van der Waals surface area contributed by atoms with Gasteiger partial charge in [-0.25, -0.2) is 15.0 Å². The third-order valence-corrected chi connectivity index (χ3v) is 16.1. The van der Waals surface area contributed by atoms with Crippen molar-refractivity contribution in [1.82, 2.24) is 61.3 Å². The summed E-state index contributed by atoms with van der Waals surface area (Å²) in [5.41, 5.74) is 6.94. The van der Waals surface area contributed by atoms with Crippen molar-refractivity contribution >= 4 is 81.3 Å². The molecule has 36 heteroatoms. The maximum Gasteiger partial charge on any atom is 0.433 e. The molecular formula is C64H84F3N17O15S. The van der Waals surface area contributed by atoms with Gasteiger partial charge in [0.2, 0.25) is 23.6 Å². The van der Waals surface area contributed by atoms with Crippen molar-refractivity contribution in [3.8, 4) is 11.4 Å². The summed E-state index contributed by atoms with van der Waals surface area (Å²) >= 11 is 1.34. The Bertz CT molecular complexity index is 3590. The van der Waals surface area contributed by atoms with Gasteiger partial charge in [-0.2, -0.15) is 35.2 Å². The van der Waals surface area contributed by atoms with Gasteiger partial charge in [0.05, 0.1) is 89.9 Å². The van der Waals surface area contributed by atoms with Crippen LogP contribution in [0.15, 0.2) is 95.7 Å². The largest absolute Gasteiger partial charge is 0.480 e. The summed E-state index contributed by atoms with van der Waals surface area (Å²) in [6.07, 6.45) is -5.10. The normalized spacial score (nSPS) is 15.9. The van der Waals surface area contributed by atoms with Crippen molar-refractivity contribution < 1.29 is 85.7 Å². The van der Waals surface area contributed by atoms with Gasteiger partial charge in [-0.1, -0.05) is 36.4 Å². The Morgan fingerprint density at radius 1 is 0.700 bits per heavy atom. The van der Waals surface area contributed by atoms with Crippen LogP contribution in [0.4, 0.5) is 30.4 Å². The Hall–Kier alpha value is -8.98. The van der Waals surface area contributed by atoms with Crippen LogP contribution < -0.4 is 37.6 Å². The van der Waals surface area contributed by atoms with E-state index in [4.69, 9.17) is 44.7 Å². The number of thioether (sulfide) groups is 1. The molecule has 13 N–H and O–H groups in total. The number of rotatable bonds is 46. The van der Waals surface area contributed by atoms with Crippen molar-refractivity contribution in [3.05, 3.63) is 108 Å². The number of aromatic amines is 1. The molecule has 1 fully saturated rings. The fraction of sp³-hybridized carbons (Fsp3) is 0.500. The summed E-state index contributed by atoms with van der Waals surface area (Å²) < 4.78 is 74.0. The summed E-state index contributed by atoms with van der Waals surface area (Å²) in [5.74, 6) is -0.748. The molecule has 0 bridgehead atoms. The van der Waals surface area contributed by atoms with Crippen molar-refractivity contribution in [2.75, 3.05) is 109 Å². The summed E-state index contributed by atoms with van der Waals surface area (Å²) in [6, 6.07) is 16.0. The number of hydrogen-bond acceptors (Lipinski definition) is 25. The molecule has 5 unspecified atom stereocenters. The number of nitrogens with two attached hydrogens (primary N) is 1. The molecule has 100 heavy (non-hydrogen) atoms. The standard InChI is InChI=1S/C64H84F3N17O15S/c1-40-78-57(83-80-40)43-6-4-41(5-7-43)36-74-52(87)19-26-95-28-30-97-32-34-98-33-31-96-29-27-94-25-18-51(86)71-23-24-73-61(91)48(79-60(90)44-10-14-46(15-11-44)82-81-45-12-8-42(9-13-45)56(69)64(65,66)67)16-17-50(85)70-21-2-3-22-72-58-53-59(76-38-75-58)84(39-77-53)62-55(89)54(88)49(99-62)37-100-35-20-47(68)63(92)93/h4-15,38-39,47-49,54-55,62,69,88-89H,2-3,16-37,68H2,1H3,(H,70,85)(H,71,86)(H,73,91)(H,74,87)(H,79,90)(H,92,93)(H,72,75,76)(H,78,80,83)/b69-56?,82-81+/t47?,48-,49?,54?,55?,62?/m1/s1. The molecule has 0 radical (unpaired) electrons. The second kappa shape index (κ2) is 41.6. The first kappa shape index (κ1) is 78.4. The summed E-state index contributed by atoms with van der Waals surface area (Å²) in [5, 5.41) is 71.1. The van der Waals surface area contributed by atoms with Gasteiger partial charge in [0.1, 0.15) is 42.2 Å². The minimum Gasteiger partial charge on any atom is -0.480 e. The second-order valence-corrected chi connectivity index (χ2v) is 23.7. The van der Waals surface area contributed by atoms with E-state index >= 15 is 0 Å². The fourth-order valence-electron chi connectivity index (χ4n) is 9.47. The van der Waals surface area contributed by atoms with Crippen LogP contribution >= 0.6 is 11.8 Å². The number of unbranched alkanes of at least 4 members (excludes halogenated alkanes) is 1. The molecule has 3 aromatic carbocycles. The highest BCUT2D eigenvalue weighted by atomic mass is 32.2. The van der Waals surface area contributed by atoms with Crippen LogP contribution in [0.1, 0.15) is 78.5 Å². The smallest absolute Gasteiger partial charge is 0.433 e. The highest BCUT2D eigenvalue weighted by molar-refractivity contribution is 7.99. The first-order valence-electron chi connectivity index (χ1n) is 32.3. The number of amides is 5. The van der Waals surface area contributed by atoms with Gasteiger partial charge in [-0.3, -0.25) is 38.7 Å². The topological polar surface area (TPSA) is 450 Å². The third-order valence-electron chi connectivity index (χ3n) is 15.0. The maximum atomic E-state index is 13.6. The first-order chi connectivity index (χ1) is 48.2. The Labute approximate surface area is 577 Å². The SMILES string of the molecule is Cc1nnc(-c2ccc(CNC(=O)CCOCCOCCOCCOCCOCCC(=O)NCCNC(=O)[C@@H](CCC(=O)NCCCCNc3ncnc4c3ncn4C3OC(CSCCC(N)C(=O)O)C(O)C3O)NC(=O)c3ccc(/N=N/c4ccc(C(=N)C(F)(F)F)cc4)cc3)cc2)[nH]1. The number of ether oxygens (including phenoxy) is 6. The summed E-state index contributed by atoms with van der Waals surface area (Å²) in [6.45, 7) is 5.83. The number of carbonyl (C=O) groups is 6. The number of hydrogen-bond donors (Lipinski definition) is 12. The van der Waals surface area contributed by atoms with Crippen molar-refractivity contribution in [2.45, 2.75) is 101 Å². The van der Waals surface area contributed by atoms with Gasteiger partial charge in [-0.05, 0) is 80.3 Å². The fourth-order valence-corrected chi connectivity index (χ4v) is 10.6. The van der Waals surface area contributed by atoms with Crippen molar-refractivity contribution in [3.63, 3.8) is 0 Å². The number of azo groups is 1. The highest BCUT2D eigenvalue weighted by Crippen LogP contribution is 2.34. The molecule has 5 amide bonds. The van der Waals surface area contributed by atoms with E-state index in [-0.39, 0.29) is 118 Å². The number of anilines is 1. The van der Waals surface area contributed by atoms with Crippen LogP contribution in [0, 0.1) is 12.3 Å². The predicted molar refractivity (Wildman–Crippen MR) is 358 cm³/mol. The van der Waals surface area contributed by atoms with Crippen LogP contribution in [0.2, 0.25) is 0 Å². The van der Waals surface area contributed by atoms with Gasteiger partial charge < -0.3 is 86.4 Å². The van der Waals surface area contributed by atoms with Gasteiger partial charge in [0, 0.05) is 74.4 Å². The van der Waals surface area contributed by atoms with Crippen LogP contribution in [-0.4, -0.2) is 232 Å². The number of aliphatic hydroxyl groups excluding tert-OH is 2. The first-order valence-corrected chi connectivity index (χ1v) is 33.4. The van der Waals surface area contributed by atoms with Crippen LogP contribution in [0.5, 0.6) is 0 Å². The lowest BCUT2D eigenvalue weighted by atomic mass is 10.1. The molecule has 1 aliphatic heterocycles. The number of aliphatic carboxylic acids is 1. The zero-order chi connectivity index (χ0) is 71.7. The predicted octanol–water partition coefficient (Wildman–Crippen LogP) is 3.72. The molecule has 1 aliphatic rings. The number of H-pyrrole nitrogens is 1. The molecular weight excluding hydrogens is 1340 g/mol. The van der Waals surface area contributed by atoms with E-state index < -0.39 is 72.2 Å². The number of aryl methyl sites for hydroxylation is 1. The number of carbonyl (C=O) groups excluding carboxylic acids is 5. The van der Waals surface area contributed by atoms with Crippen LogP contribution in [0.3, 0.4) is 0 Å². The number of alkyl halides is 3. The van der Waals surface area contributed by atoms with Gasteiger partial charge in [0.15, 0.2) is 29.0 Å². The molecule has 32 nitrogen and oxygen atoms in total. The molecule has 7 rings (SSSR count). The maximum absolute atomic E-state index is 13.6. The third kappa shape index (κ3) is 26.6. The molecule has 0 saturated carbocycles. The quantitative estimate of drug-likeness (QED) is 0.0147. The van der Waals surface area contributed by atoms with Gasteiger partial charge >= 0.3 is 12.1 Å². The minimum atomic E-state index is -4.81. The zero-order valence-electron chi connectivity index (χ0n) is 55.0. The lowest BCUT2D eigenvalue weighted by molar-refractivity contribution is -0.138. The van der Waals surface area contributed by atoms with E-state index in [0.29, 0.717) is 94.1 Å². The average molecular weight is 1420 g/mol. The molecule has 4 heterocycles. The lowest BCUT2D eigenvalue weighted by Crippen LogP contribution is -2.48. The Morgan fingerprint density at radius 2 is 1.27 bits per heavy atom. The second-order valence-electron chi connectivity index (χ2n) is 22.6. The number of aliphatic hydroxyl groups is 2. The van der Waals surface area contributed by atoms with E-state index in [1.165, 1.54) is 65.4 Å². The zero-order valence-corrected chi connectivity index (χ0v) is 55.8. The Balaban J connectivity index is 0.750. The molecule has 542 valence electrons. The molecule has 3 aromatic heterocycles. The number of halogens is 3. The minimum absolute atomic E-state index is 0.0186. The number of imidazole rings is 1. The van der Waals surface area contributed by atoms with E-state index in [0.717, 1.165) is 29.1 Å². The molecule has 6 aromatic rings. The Kier molecular flexibility index (Phi) is 32.6. The lowest BCUT2D eigenvalue weighted by Gasteiger charge is -2.19. The number of aromatic nitrogens is 7. The number of nitrogens with one attached hydrogen (secondary N) is 8. The van der Waals surface area contributed by atoms with E-state index in [2.05, 4.69) is 72.3 Å². The van der Waals surface area contributed by atoms with Crippen molar-refractivity contribution in [1.29, 1.82) is 5.41 Å². The van der Waals surface area contributed by atoms with Crippen molar-refractivity contribution in [2.24, 2.45) is 16.0 Å². The number of benzene rings is 3. The summed E-state index contributed by atoms with van der Waals surface area (Å²) in [7, 11) is 0. The number of fused-ring (bicyclic) bond motifs is 1. The number of carboxylic acids is 1. The van der Waals surface area contributed by atoms with Crippen LogP contribution in [0.25, 0.3) is 22.6 Å². The average Bonchev–Trinajstić information content (AvgIpc) is 1.62. The molecule has 1 saturated heterocycles. The Morgan fingerprint density at radius 3 is 1.87 bits per heavy atom. The highest BCUT2D eigenvalue weighted by Gasteiger charge is 2.44. The number of nitrogens with zero attached hydrogens (tertiary/aromatic N) is 8. The van der Waals surface area contributed by atoms with E-state index in [1.807, 2.05) is 31.2 Å².